The number of rotatable bonds is 4. The largest absolute Gasteiger partial charge is 0.337 e. The lowest BCUT2D eigenvalue weighted by molar-refractivity contribution is -0.124. The first-order chi connectivity index (χ1) is 8.09. The van der Waals surface area contributed by atoms with Gasteiger partial charge in [0.2, 0.25) is 5.91 Å². The quantitative estimate of drug-likeness (QED) is 0.635. The van der Waals surface area contributed by atoms with E-state index < -0.39 is 6.03 Å². The lowest BCUT2D eigenvalue weighted by Crippen LogP contribution is -2.45. The summed E-state index contributed by atoms with van der Waals surface area (Å²) in [6.45, 7) is 3.34. The van der Waals surface area contributed by atoms with Gasteiger partial charge >= 0.3 is 6.03 Å². The van der Waals surface area contributed by atoms with Crippen molar-refractivity contribution in [3.8, 4) is 0 Å². The summed E-state index contributed by atoms with van der Waals surface area (Å²) < 4.78 is 0. The molecule has 1 heterocycles. The number of carbonyl (C=O) groups excluding carboxylic acids is 3. The van der Waals surface area contributed by atoms with E-state index >= 15 is 0 Å². The molecule has 0 spiro atoms. The maximum Gasteiger partial charge on any atom is 0.321 e. The van der Waals surface area contributed by atoms with E-state index in [1.807, 2.05) is 0 Å². The monoisotopic (exact) mass is 241 g/mol. The molecular weight excluding hydrogens is 222 g/mol. The maximum absolute atomic E-state index is 11.6. The van der Waals surface area contributed by atoms with Crippen LogP contribution < -0.4 is 16.0 Å². The third-order valence-corrected chi connectivity index (χ3v) is 2.71. The van der Waals surface area contributed by atoms with Gasteiger partial charge in [0, 0.05) is 18.9 Å². The molecule has 17 heavy (non-hydrogen) atoms. The van der Waals surface area contributed by atoms with Gasteiger partial charge in [-0.15, -0.1) is 0 Å². The number of hydrogen-bond donors (Lipinski definition) is 3. The molecule has 6 heteroatoms. The molecule has 0 unspecified atom stereocenters. The van der Waals surface area contributed by atoms with E-state index in [-0.39, 0.29) is 30.6 Å². The first-order valence-corrected chi connectivity index (χ1v) is 5.88. The summed E-state index contributed by atoms with van der Waals surface area (Å²) in [5.74, 6) is -0.309. The van der Waals surface area contributed by atoms with Gasteiger partial charge in [-0.25, -0.2) is 4.79 Å². The van der Waals surface area contributed by atoms with Gasteiger partial charge in [0.15, 0.2) is 0 Å². The molecule has 0 radical (unpaired) electrons. The minimum Gasteiger partial charge on any atom is -0.337 e. The molecular formula is C11H19N3O3. The molecule has 0 bridgehead atoms. The van der Waals surface area contributed by atoms with Crippen molar-refractivity contribution >= 4 is 17.7 Å². The molecule has 0 saturated carbocycles. The number of Topliss-reactive ketones (excluding diaryl/α,β-unsaturated/α-hetero) is 1. The average molecular weight is 241 g/mol. The molecule has 6 nitrogen and oxygen atoms in total. The molecule has 0 aliphatic carbocycles. The SMILES string of the molecule is CC(=O)CCNC(=O)NC(=O)C1CCNCC1. The molecule has 0 aromatic carbocycles. The molecule has 1 aliphatic heterocycles. The Kier molecular flexibility index (Phi) is 5.62. The number of amides is 3. The van der Waals surface area contributed by atoms with Gasteiger partial charge in [-0.3, -0.25) is 14.9 Å². The van der Waals surface area contributed by atoms with Crippen molar-refractivity contribution in [2.75, 3.05) is 19.6 Å². The molecule has 96 valence electrons. The van der Waals surface area contributed by atoms with Crippen LogP contribution >= 0.6 is 0 Å². The number of piperidine rings is 1. The zero-order chi connectivity index (χ0) is 12.7. The summed E-state index contributed by atoms with van der Waals surface area (Å²) in [5.41, 5.74) is 0. The van der Waals surface area contributed by atoms with Gasteiger partial charge in [-0.1, -0.05) is 0 Å². The van der Waals surface area contributed by atoms with E-state index in [4.69, 9.17) is 0 Å². The Morgan fingerprint density at radius 1 is 1.24 bits per heavy atom. The molecule has 0 atom stereocenters. The Labute approximate surface area is 101 Å². The predicted octanol–water partition coefficient (Wildman–Crippen LogP) is -0.209. The standard InChI is InChI=1S/C11H19N3O3/c1-8(15)2-7-13-11(17)14-10(16)9-3-5-12-6-4-9/h9,12H,2-7H2,1H3,(H2,13,14,16,17). The zero-order valence-electron chi connectivity index (χ0n) is 10.0. The van der Waals surface area contributed by atoms with Crippen LogP contribution in [0, 0.1) is 5.92 Å². The van der Waals surface area contributed by atoms with Crippen molar-refractivity contribution in [2.45, 2.75) is 26.2 Å². The van der Waals surface area contributed by atoms with Crippen LogP contribution in [0.5, 0.6) is 0 Å². The fraction of sp³-hybridized carbons (Fsp3) is 0.727. The number of imide groups is 1. The van der Waals surface area contributed by atoms with Crippen LogP contribution in [0.15, 0.2) is 0 Å². The third kappa shape index (κ3) is 5.44. The molecule has 1 fully saturated rings. The summed E-state index contributed by atoms with van der Waals surface area (Å²) in [6, 6.07) is -0.519. The highest BCUT2D eigenvalue weighted by molar-refractivity contribution is 5.95. The zero-order valence-corrected chi connectivity index (χ0v) is 10.0. The first-order valence-electron chi connectivity index (χ1n) is 5.88. The molecule has 1 saturated heterocycles. The maximum atomic E-state index is 11.6. The minimum absolute atomic E-state index is 0.00924. The Hall–Kier alpha value is -1.43. The molecule has 1 rings (SSSR count). The fourth-order valence-electron chi connectivity index (χ4n) is 1.69. The number of urea groups is 1. The van der Waals surface area contributed by atoms with Crippen molar-refractivity contribution in [1.82, 2.24) is 16.0 Å². The van der Waals surface area contributed by atoms with E-state index in [1.165, 1.54) is 6.92 Å². The van der Waals surface area contributed by atoms with Crippen molar-refractivity contribution in [3.63, 3.8) is 0 Å². The van der Waals surface area contributed by atoms with Crippen molar-refractivity contribution < 1.29 is 14.4 Å². The van der Waals surface area contributed by atoms with Crippen molar-refractivity contribution in [1.29, 1.82) is 0 Å². The van der Waals surface area contributed by atoms with E-state index in [9.17, 15) is 14.4 Å². The van der Waals surface area contributed by atoms with Gasteiger partial charge < -0.3 is 10.6 Å². The van der Waals surface area contributed by atoms with Gasteiger partial charge in [0.1, 0.15) is 5.78 Å². The van der Waals surface area contributed by atoms with E-state index in [0.29, 0.717) is 0 Å². The minimum atomic E-state index is -0.519. The van der Waals surface area contributed by atoms with E-state index in [2.05, 4.69) is 16.0 Å². The third-order valence-electron chi connectivity index (χ3n) is 2.71. The Bertz CT molecular complexity index is 298. The molecule has 1 aliphatic rings. The van der Waals surface area contributed by atoms with Gasteiger partial charge in [0.25, 0.3) is 0 Å². The second-order valence-corrected chi connectivity index (χ2v) is 4.22. The number of ketones is 1. The van der Waals surface area contributed by atoms with Crippen molar-refractivity contribution in [3.05, 3.63) is 0 Å². The lowest BCUT2D eigenvalue weighted by Gasteiger charge is -2.21. The Balaban J connectivity index is 2.20. The smallest absolute Gasteiger partial charge is 0.321 e. The molecule has 3 N–H and O–H groups in total. The first kappa shape index (κ1) is 13.6. The average Bonchev–Trinajstić information content (AvgIpc) is 2.29. The van der Waals surface area contributed by atoms with Crippen LogP contribution in [0.1, 0.15) is 26.2 Å². The Morgan fingerprint density at radius 3 is 2.47 bits per heavy atom. The highest BCUT2D eigenvalue weighted by Gasteiger charge is 2.22. The second-order valence-electron chi connectivity index (χ2n) is 4.22. The highest BCUT2D eigenvalue weighted by atomic mass is 16.2. The number of nitrogens with one attached hydrogen (secondary N) is 3. The summed E-state index contributed by atoms with van der Waals surface area (Å²) in [4.78, 5) is 33.6. The summed E-state index contributed by atoms with van der Waals surface area (Å²) in [5, 5.41) is 7.92. The van der Waals surface area contributed by atoms with Gasteiger partial charge in [0.05, 0.1) is 0 Å². The van der Waals surface area contributed by atoms with Crippen LogP contribution in [-0.4, -0.2) is 37.4 Å². The van der Waals surface area contributed by atoms with E-state index in [0.717, 1.165) is 25.9 Å². The van der Waals surface area contributed by atoms with Crippen LogP contribution in [0.3, 0.4) is 0 Å². The summed E-state index contributed by atoms with van der Waals surface area (Å²) in [6.07, 6.45) is 1.80. The van der Waals surface area contributed by atoms with E-state index in [1.54, 1.807) is 0 Å². The molecule has 0 aromatic rings. The van der Waals surface area contributed by atoms with Crippen LogP contribution in [-0.2, 0) is 9.59 Å². The fourth-order valence-corrected chi connectivity index (χ4v) is 1.69. The summed E-state index contributed by atoms with van der Waals surface area (Å²) in [7, 11) is 0. The Morgan fingerprint density at radius 2 is 1.88 bits per heavy atom. The predicted molar refractivity (Wildman–Crippen MR) is 62.4 cm³/mol. The number of carbonyl (C=O) groups is 3. The molecule has 3 amide bonds. The topological polar surface area (TPSA) is 87.3 Å². The van der Waals surface area contributed by atoms with Crippen molar-refractivity contribution in [2.24, 2.45) is 5.92 Å². The molecule has 0 aromatic heterocycles. The highest BCUT2D eigenvalue weighted by Crippen LogP contribution is 2.10. The van der Waals surface area contributed by atoms with Gasteiger partial charge in [-0.2, -0.15) is 0 Å². The summed E-state index contributed by atoms with van der Waals surface area (Å²) >= 11 is 0. The van der Waals surface area contributed by atoms with Crippen LogP contribution in [0.25, 0.3) is 0 Å². The normalized spacial score (nSPS) is 16.3. The van der Waals surface area contributed by atoms with Crippen LogP contribution in [0.2, 0.25) is 0 Å². The number of hydrogen-bond acceptors (Lipinski definition) is 4. The van der Waals surface area contributed by atoms with Gasteiger partial charge in [-0.05, 0) is 32.9 Å². The second kappa shape index (κ2) is 7.01. The lowest BCUT2D eigenvalue weighted by atomic mass is 9.97. The van der Waals surface area contributed by atoms with Crippen LogP contribution in [0.4, 0.5) is 4.79 Å².